The predicted octanol–water partition coefficient (Wildman–Crippen LogP) is 5.49. The van der Waals surface area contributed by atoms with Crippen LogP contribution in [0.15, 0.2) is 72.4 Å². The molecule has 150 valence electrons. The van der Waals surface area contributed by atoms with Crippen molar-refractivity contribution in [2.24, 2.45) is 0 Å². The van der Waals surface area contributed by atoms with Gasteiger partial charge < -0.3 is 5.32 Å². The van der Waals surface area contributed by atoms with Crippen LogP contribution < -0.4 is 10.2 Å². The Kier molecular flexibility index (Phi) is 5.14. The van der Waals surface area contributed by atoms with E-state index in [0.717, 1.165) is 27.8 Å². The van der Waals surface area contributed by atoms with Crippen molar-refractivity contribution >= 4 is 40.4 Å². The zero-order valence-electron chi connectivity index (χ0n) is 16.4. The maximum atomic E-state index is 13.8. The number of imide groups is 1. The summed E-state index contributed by atoms with van der Waals surface area (Å²) >= 11 is 5.99. The molecule has 1 aliphatic heterocycles. The van der Waals surface area contributed by atoms with Crippen molar-refractivity contribution in [3.63, 3.8) is 0 Å². The quantitative estimate of drug-likeness (QED) is 0.567. The molecule has 0 radical (unpaired) electrons. The molecule has 3 aromatic carbocycles. The number of amides is 2. The van der Waals surface area contributed by atoms with Crippen LogP contribution in [0.3, 0.4) is 0 Å². The second-order valence-electron chi connectivity index (χ2n) is 7.05. The van der Waals surface area contributed by atoms with Crippen molar-refractivity contribution in [1.82, 2.24) is 0 Å². The van der Waals surface area contributed by atoms with E-state index in [-0.39, 0.29) is 17.0 Å². The molecule has 0 unspecified atom stereocenters. The number of hydrogen-bond donors (Lipinski definition) is 1. The van der Waals surface area contributed by atoms with Gasteiger partial charge in [0.05, 0.1) is 11.3 Å². The zero-order valence-corrected chi connectivity index (χ0v) is 17.1. The molecule has 0 saturated carbocycles. The molecule has 0 saturated heterocycles. The smallest absolute Gasteiger partial charge is 0.282 e. The van der Waals surface area contributed by atoms with Gasteiger partial charge in [-0.3, -0.25) is 9.59 Å². The van der Waals surface area contributed by atoms with Crippen molar-refractivity contribution in [1.29, 1.82) is 0 Å². The lowest BCUT2D eigenvalue weighted by Gasteiger charge is -2.16. The van der Waals surface area contributed by atoms with Gasteiger partial charge in [-0.25, -0.2) is 9.29 Å². The van der Waals surface area contributed by atoms with E-state index in [2.05, 4.69) is 5.32 Å². The van der Waals surface area contributed by atoms with E-state index in [0.29, 0.717) is 10.6 Å². The van der Waals surface area contributed by atoms with Crippen molar-refractivity contribution in [2.45, 2.75) is 13.8 Å². The van der Waals surface area contributed by atoms with Gasteiger partial charge in [0.15, 0.2) is 0 Å². The Bertz CT molecular complexity index is 1200. The van der Waals surface area contributed by atoms with Gasteiger partial charge in [-0.15, -0.1) is 0 Å². The first-order valence-electron chi connectivity index (χ1n) is 9.34. The molecule has 1 heterocycles. The molecule has 6 heteroatoms. The summed E-state index contributed by atoms with van der Waals surface area (Å²) in [7, 11) is 0. The van der Waals surface area contributed by atoms with E-state index in [1.165, 1.54) is 18.2 Å². The Hall–Kier alpha value is -3.44. The summed E-state index contributed by atoms with van der Waals surface area (Å²) < 4.78 is 13.8. The van der Waals surface area contributed by atoms with Crippen LogP contribution in [0.5, 0.6) is 0 Å². The molecule has 0 atom stereocenters. The number of aryl methyl sites for hydroxylation is 1. The number of nitrogens with zero attached hydrogens (tertiary/aromatic N) is 1. The van der Waals surface area contributed by atoms with E-state index in [4.69, 9.17) is 11.6 Å². The van der Waals surface area contributed by atoms with Gasteiger partial charge in [-0.05, 0) is 66.9 Å². The normalized spacial score (nSPS) is 13.9. The Morgan fingerprint density at radius 1 is 0.900 bits per heavy atom. The SMILES string of the molecule is Cc1cccc(NC2=C(c3ccc(Cl)cc3)C(=O)N(c3cccc(F)c3)C2=O)c1C. The minimum atomic E-state index is -0.545. The summed E-state index contributed by atoms with van der Waals surface area (Å²) in [4.78, 5) is 27.6. The number of hydrogen-bond acceptors (Lipinski definition) is 3. The van der Waals surface area contributed by atoms with Gasteiger partial charge in [0.1, 0.15) is 11.5 Å². The molecular formula is C24H18ClFN2O2. The van der Waals surface area contributed by atoms with Gasteiger partial charge in [-0.2, -0.15) is 0 Å². The largest absolute Gasteiger partial charge is 0.350 e. The predicted molar refractivity (Wildman–Crippen MR) is 117 cm³/mol. The molecule has 4 nitrogen and oxygen atoms in total. The molecular weight excluding hydrogens is 403 g/mol. The van der Waals surface area contributed by atoms with Gasteiger partial charge in [0.25, 0.3) is 11.8 Å². The molecule has 0 bridgehead atoms. The lowest BCUT2D eigenvalue weighted by Crippen LogP contribution is -2.32. The zero-order chi connectivity index (χ0) is 21.4. The summed E-state index contributed by atoms with van der Waals surface area (Å²) in [6.07, 6.45) is 0. The minimum absolute atomic E-state index is 0.139. The summed E-state index contributed by atoms with van der Waals surface area (Å²) in [5.41, 5.74) is 3.80. The number of carbonyl (C=O) groups is 2. The van der Waals surface area contributed by atoms with Crippen LogP contribution in [-0.2, 0) is 9.59 Å². The van der Waals surface area contributed by atoms with Crippen molar-refractivity contribution in [3.8, 4) is 0 Å². The fourth-order valence-corrected chi connectivity index (χ4v) is 3.53. The van der Waals surface area contributed by atoms with Crippen LogP contribution in [0.25, 0.3) is 5.57 Å². The summed E-state index contributed by atoms with van der Waals surface area (Å²) in [5, 5.41) is 3.66. The molecule has 2 amide bonds. The van der Waals surface area contributed by atoms with Crippen LogP contribution in [-0.4, -0.2) is 11.8 Å². The molecule has 1 aliphatic rings. The maximum Gasteiger partial charge on any atom is 0.282 e. The average Bonchev–Trinajstić information content (AvgIpc) is 2.96. The van der Waals surface area contributed by atoms with E-state index < -0.39 is 17.6 Å². The third-order valence-corrected chi connectivity index (χ3v) is 5.40. The van der Waals surface area contributed by atoms with Crippen LogP contribution in [0.2, 0.25) is 5.02 Å². The number of halogens is 2. The third kappa shape index (κ3) is 3.48. The van der Waals surface area contributed by atoms with Gasteiger partial charge in [0, 0.05) is 10.7 Å². The highest BCUT2D eigenvalue weighted by Crippen LogP contribution is 2.35. The Labute approximate surface area is 178 Å². The molecule has 0 spiro atoms. The topological polar surface area (TPSA) is 49.4 Å². The summed E-state index contributed by atoms with van der Waals surface area (Å²) in [5.74, 6) is -1.60. The molecule has 3 aromatic rings. The van der Waals surface area contributed by atoms with Crippen molar-refractivity contribution in [3.05, 3.63) is 100.0 Å². The Balaban J connectivity index is 1.86. The minimum Gasteiger partial charge on any atom is -0.350 e. The number of rotatable bonds is 4. The van der Waals surface area contributed by atoms with Gasteiger partial charge >= 0.3 is 0 Å². The van der Waals surface area contributed by atoms with E-state index in [9.17, 15) is 14.0 Å². The fraction of sp³-hybridized carbons (Fsp3) is 0.0833. The first-order valence-corrected chi connectivity index (χ1v) is 9.72. The highest BCUT2D eigenvalue weighted by molar-refractivity contribution is 6.46. The van der Waals surface area contributed by atoms with Gasteiger partial charge in [0.2, 0.25) is 0 Å². The molecule has 30 heavy (non-hydrogen) atoms. The lowest BCUT2D eigenvalue weighted by molar-refractivity contribution is -0.120. The Morgan fingerprint density at radius 2 is 1.60 bits per heavy atom. The number of carbonyl (C=O) groups excluding carboxylic acids is 2. The summed E-state index contributed by atoms with van der Waals surface area (Å²) in [6, 6.07) is 17.8. The lowest BCUT2D eigenvalue weighted by atomic mass is 10.0. The van der Waals surface area contributed by atoms with Crippen LogP contribution >= 0.6 is 11.6 Å². The van der Waals surface area contributed by atoms with Crippen molar-refractivity contribution in [2.75, 3.05) is 10.2 Å². The first kappa shape index (κ1) is 19.9. The standard InChI is InChI=1S/C24H18ClFN2O2/c1-14-5-3-8-20(15(14)2)27-22-21(16-9-11-17(25)12-10-16)23(29)28(24(22)30)19-7-4-6-18(26)13-19/h3-13,27H,1-2H3. The Morgan fingerprint density at radius 3 is 2.30 bits per heavy atom. The van der Waals surface area contributed by atoms with Crippen LogP contribution in [0.1, 0.15) is 16.7 Å². The van der Waals surface area contributed by atoms with Gasteiger partial charge in [-0.1, -0.05) is 41.9 Å². The average molecular weight is 421 g/mol. The molecule has 0 aromatic heterocycles. The van der Waals surface area contributed by atoms with Crippen LogP contribution in [0, 0.1) is 19.7 Å². The van der Waals surface area contributed by atoms with Crippen molar-refractivity contribution < 1.29 is 14.0 Å². The molecule has 4 rings (SSSR count). The van der Waals surface area contributed by atoms with E-state index in [1.807, 2.05) is 32.0 Å². The molecule has 1 N–H and O–H groups in total. The molecule has 0 aliphatic carbocycles. The number of anilines is 2. The number of nitrogens with one attached hydrogen (secondary N) is 1. The van der Waals surface area contributed by atoms with E-state index in [1.54, 1.807) is 24.3 Å². The highest BCUT2D eigenvalue weighted by Gasteiger charge is 2.40. The third-order valence-electron chi connectivity index (χ3n) is 5.15. The first-order chi connectivity index (χ1) is 14.4. The monoisotopic (exact) mass is 420 g/mol. The molecule has 0 fully saturated rings. The fourth-order valence-electron chi connectivity index (χ4n) is 3.40. The highest BCUT2D eigenvalue weighted by atomic mass is 35.5. The van der Waals surface area contributed by atoms with Crippen LogP contribution in [0.4, 0.5) is 15.8 Å². The second kappa shape index (κ2) is 7.76. The maximum absolute atomic E-state index is 13.8. The second-order valence-corrected chi connectivity index (χ2v) is 7.49. The van der Waals surface area contributed by atoms with E-state index >= 15 is 0 Å². The number of benzene rings is 3. The summed E-state index contributed by atoms with van der Waals surface area (Å²) in [6.45, 7) is 3.90.